The lowest BCUT2D eigenvalue weighted by Gasteiger charge is -2.17. The quantitative estimate of drug-likeness (QED) is 0.274. The molecule has 0 spiro atoms. The van der Waals surface area contributed by atoms with Crippen LogP contribution in [0.3, 0.4) is 0 Å². The molecule has 0 aromatic carbocycles. The van der Waals surface area contributed by atoms with Gasteiger partial charge in [-0.25, -0.2) is 9.78 Å². The molecule has 0 amide bonds. The van der Waals surface area contributed by atoms with Crippen molar-refractivity contribution in [3.63, 3.8) is 0 Å². The summed E-state index contributed by atoms with van der Waals surface area (Å²) < 4.78 is 6.97. The van der Waals surface area contributed by atoms with E-state index in [1.807, 2.05) is 27.6 Å². The Kier molecular flexibility index (Phi) is 3.61. The van der Waals surface area contributed by atoms with Gasteiger partial charge in [-0.1, -0.05) is 0 Å². The smallest absolute Gasteiger partial charge is 0.327 e. The number of imidazole rings is 1. The van der Waals surface area contributed by atoms with Crippen molar-refractivity contribution < 1.29 is 20.1 Å². The average molecular weight is 410 g/mol. The zero-order valence-corrected chi connectivity index (χ0v) is 12.5. The van der Waals surface area contributed by atoms with Crippen molar-refractivity contribution in [3.05, 3.63) is 24.7 Å². The first-order valence-electron chi connectivity index (χ1n) is 5.96. The molecule has 1 fully saturated rings. The van der Waals surface area contributed by atoms with Gasteiger partial charge in [-0.05, 0) is 0 Å². The van der Waals surface area contributed by atoms with E-state index in [1.54, 1.807) is 0 Å². The molecule has 2 aromatic rings. The van der Waals surface area contributed by atoms with E-state index in [9.17, 15) is 19.8 Å². The number of rotatable bonds is 2. The molecule has 5 N–H and O–H groups in total. The number of aromatic nitrogens is 4. The Morgan fingerprint density at radius 2 is 2.00 bits per heavy atom. The molecule has 11 heteroatoms. The number of ether oxygens (including phenoxy) is 1. The van der Waals surface area contributed by atoms with Crippen molar-refractivity contribution in [2.24, 2.45) is 0 Å². The van der Waals surface area contributed by atoms with Crippen LogP contribution in [0.4, 0.5) is 0 Å². The van der Waals surface area contributed by atoms with Gasteiger partial charge in [-0.3, -0.25) is 19.3 Å². The highest BCUT2D eigenvalue weighted by molar-refractivity contribution is 14.1. The summed E-state index contributed by atoms with van der Waals surface area (Å²) in [7, 11) is 0. The second kappa shape index (κ2) is 5.17. The fourth-order valence-electron chi connectivity index (χ4n) is 2.31. The number of halogens is 1. The lowest BCUT2D eigenvalue weighted by atomic mass is 10.1. The van der Waals surface area contributed by atoms with Gasteiger partial charge in [0.05, 0.1) is 6.61 Å². The summed E-state index contributed by atoms with van der Waals surface area (Å²) in [6, 6.07) is 0. The van der Waals surface area contributed by atoms with E-state index in [-0.39, 0.29) is 15.0 Å². The number of hydrogen-bond acceptors (Lipinski definition) is 7. The highest BCUT2D eigenvalue weighted by Gasteiger charge is 2.44. The van der Waals surface area contributed by atoms with Gasteiger partial charge in [0.1, 0.15) is 18.3 Å². The maximum Gasteiger partial charge on any atom is 0.327 e. The maximum atomic E-state index is 11.7. The first kappa shape index (κ1) is 14.6. The van der Waals surface area contributed by atoms with Gasteiger partial charge in [-0.15, -0.1) is 0 Å². The predicted octanol–water partition coefficient (Wildman–Crippen LogP) is -2.37. The second-order valence-electron chi connectivity index (χ2n) is 4.59. The van der Waals surface area contributed by atoms with Crippen LogP contribution in [0.1, 0.15) is 6.23 Å². The number of aliphatic hydroxyl groups is 3. The highest BCUT2D eigenvalue weighted by atomic mass is 127. The molecule has 0 unspecified atom stereocenters. The van der Waals surface area contributed by atoms with Gasteiger partial charge >= 0.3 is 5.69 Å². The molecule has 0 aliphatic carbocycles. The van der Waals surface area contributed by atoms with Crippen LogP contribution in [0.2, 0.25) is 0 Å². The molecular formula is C10H11IN4O6. The standard InChI is InChI=1S/C10H11IN4O6/c11-9-12-3-6(13-10(20)14-7(3)19)15(9)8-5(18)4(17)2(1-16)21-8/h2,4-5,8,16-18H,1H2,(H2,13,14,19,20)/t2-,4-,5-,8-/m1/s1. The van der Waals surface area contributed by atoms with E-state index >= 15 is 0 Å². The number of fused-ring (bicyclic) bond motifs is 1. The van der Waals surface area contributed by atoms with Crippen LogP contribution in [0.25, 0.3) is 11.2 Å². The molecule has 1 saturated heterocycles. The number of H-pyrrole nitrogens is 2. The Bertz CT molecular complexity index is 797. The number of aromatic amines is 2. The van der Waals surface area contributed by atoms with Crippen molar-refractivity contribution in [3.8, 4) is 0 Å². The molecule has 1 aliphatic heterocycles. The minimum absolute atomic E-state index is 0.0169. The zero-order valence-electron chi connectivity index (χ0n) is 10.4. The van der Waals surface area contributed by atoms with Crippen molar-refractivity contribution >= 4 is 33.8 Å². The molecule has 0 saturated carbocycles. The van der Waals surface area contributed by atoms with Crippen LogP contribution < -0.4 is 11.2 Å². The van der Waals surface area contributed by atoms with Crippen molar-refractivity contribution in [2.75, 3.05) is 6.61 Å². The van der Waals surface area contributed by atoms with E-state index in [0.717, 1.165) is 0 Å². The van der Waals surface area contributed by atoms with Crippen LogP contribution in [0, 0.1) is 3.83 Å². The van der Waals surface area contributed by atoms with Crippen molar-refractivity contribution in [1.29, 1.82) is 0 Å². The molecule has 3 rings (SSSR count). The molecule has 3 heterocycles. The third kappa shape index (κ3) is 2.20. The summed E-state index contributed by atoms with van der Waals surface area (Å²) in [5, 5.41) is 28.9. The van der Waals surface area contributed by atoms with E-state index in [0.29, 0.717) is 0 Å². The normalized spacial score (nSPS) is 29.3. The van der Waals surface area contributed by atoms with Gasteiger partial charge in [0.25, 0.3) is 5.56 Å². The third-order valence-electron chi connectivity index (χ3n) is 3.31. The Hall–Kier alpha value is -1.28. The minimum atomic E-state index is -1.34. The summed E-state index contributed by atoms with van der Waals surface area (Å²) in [6.07, 6.45) is -4.67. The lowest BCUT2D eigenvalue weighted by molar-refractivity contribution is -0.0522. The highest BCUT2D eigenvalue weighted by Crippen LogP contribution is 2.32. The van der Waals surface area contributed by atoms with E-state index in [4.69, 9.17) is 9.84 Å². The molecule has 2 aromatic heterocycles. The summed E-state index contributed by atoms with van der Waals surface area (Å²) in [5.74, 6) is 0. The first-order valence-corrected chi connectivity index (χ1v) is 7.04. The summed E-state index contributed by atoms with van der Waals surface area (Å²) >= 11 is 1.81. The molecule has 10 nitrogen and oxygen atoms in total. The van der Waals surface area contributed by atoms with Crippen LogP contribution in [-0.2, 0) is 4.74 Å². The van der Waals surface area contributed by atoms with Crippen LogP contribution >= 0.6 is 22.6 Å². The topological polar surface area (TPSA) is 153 Å². The van der Waals surface area contributed by atoms with Gasteiger partial charge in [0.2, 0.25) is 0 Å². The van der Waals surface area contributed by atoms with E-state index < -0.39 is 42.4 Å². The third-order valence-corrected chi connectivity index (χ3v) is 4.07. The van der Waals surface area contributed by atoms with Crippen molar-refractivity contribution in [2.45, 2.75) is 24.5 Å². The lowest BCUT2D eigenvalue weighted by Crippen LogP contribution is -2.33. The average Bonchev–Trinajstić information content (AvgIpc) is 2.89. The number of hydrogen-bond donors (Lipinski definition) is 5. The summed E-state index contributed by atoms with van der Waals surface area (Å²) in [5.41, 5.74) is -1.34. The number of aliphatic hydroxyl groups excluding tert-OH is 3. The Morgan fingerprint density at radius 3 is 2.62 bits per heavy atom. The van der Waals surface area contributed by atoms with E-state index in [2.05, 4.69) is 9.97 Å². The van der Waals surface area contributed by atoms with Crippen molar-refractivity contribution in [1.82, 2.24) is 19.5 Å². The maximum absolute atomic E-state index is 11.7. The fourth-order valence-corrected chi connectivity index (χ4v) is 3.07. The molecule has 1 aliphatic rings. The SMILES string of the molecule is O=c1[nH]c(=O)c2nc(I)n([C@@H]3O[C@H](CO)[C@@H](O)[C@H]3O)c2[nH]1. The number of nitrogens with zero attached hydrogens (tertiary/aromatic N) is 2. The van der Waals surface area contributed by atoms with Crippen LogP contribution in [-0.4, -0.2) is 59.8 Å². The monoisotopic (exact) mass is 410 g/mol. The first-order chi connectivity index (χ1) is 9.93. The van der Waals surface area contributed by atoms with Crippen LogP contribution in [0.5, 0.6) is 0 Å². The van der Waals surface area contributed by atoms with Crippen LogP contribution in [0.15, 0.2) is 9.59 Å². The Morgan fingerprint density at radius 1 is 1.29 bits per heavy atom. The van der Waals surface area contributed by atoms with Gasteiger partial charge in [0.15, 0.2) is 21.2 Å². The summed E-state index contributed by atoms with van der Waals surface area (Å²) in [4.78, 5) is 31.6. The molecule has 4 atom stereocenters. The largest absolute Gasteiger partial charge is 0.394 e. The second-order valence-corrected chi connectivity index (χ2v) is 5.55. The Labute approximate surface area is 129 Å². The van der Waals surface area contributed by atoms with E-state index in [1.165, 1.54) is 4.57 Å². The zero-order chi connectivity index (χ0) is 15.3. The fraction of sp³-hybridized carbons (Fsp3) is 0.500. The predicted molar refractivity (Wildman–Crippen MR) is 76.7 cm³/mol. The van der Waals surface area contributed by atoms with Gasteiger partial charge in [-0.2, -0.15) is 0 Å². The molecule has 0 bridgehead atoms. The molecule has 114 valence electrons. The minimum Gasteiger partial charge on any atom is -0.394 e. The molecule has 0 radical (unpaired) electrons. The summed E-state index contributed by atoms with van der Waals surface area (Å²) in [6.45, 7) is -0.477. The molecular weight excluding hydrogens is 399 g/mol. The molecule has 21 heavy (non-hydrogen) atoms. The number of nitrogens with one attached hydrogen (secondary N) is 2. The Balaban J connectivity index is 2.19. The van der Waals surface area contributed by atoms with Gasteiger partial charge < -0.3 is 20.1 Å². The van der Waals surface area contributed by atoms with Gasteiger partial charge in [0, 0.05) is 22.6 Å².